The highest BCUT2D eigenvalue weighted by Crippen LogP contribution is 2.31. The van der Waals surface area contributed by atoms with E-state index in [9.17, 15) is 8.42 Å². The Kier molecular flexibility index (Phi) is 3.46. The standard InChI is InChI=1S/C12H14N2O2S/c1-2-8-14(10-11-5-6-11)17(15,16)12-4-3-7-13-9-12/h1,3-4,7,9,11H,5-6,8,10H2. The van der Waals surface area contributed by atoms with E-state index in [1.54, 1.807) is 18.3 Å². The molecular formula is C12H14N2O2S. The van der Waals surface area contributed by atoms with Gasteiger partial charge in [0.15, 0.2) is 0 Å². The summed E-state index contributed by atoms with van der Waals surface area (Å²) in [4.78, 5) is 4.04. The van der Waals surface area contributed by atoms with E-state index in [1.165, 1.54) is 10.5 Å². The van der Waals surface area contributed by atoms with Crippen molar-refractivity contribution in [1.82, 2.24) is 9.29 Å². The maximum absolute atomic E-state index is 12.3. The van der Waals surface area contributed by atoms with Gasteiger partial charge in [0.1, 0.15) is 4.90 Å². The lowest BCUT2D eigenvalue weighted by Crippen LogP contribution is -2.33. The minimum atomic E-state index is -3.49. The van der Waals surface area contributed by atoms with E-state index < -0.39 is 10.0 Å². The molecule has 2 rings (SSSR count). The summed E-state index contributed by atoms with van der Waals surface area (Å²) in [5, 5.41) is 0. The maximum Gasteiger partial charge on any atom is 0.245 e. The Hall–Kier alpha value is -1.38. The molecule has 1 aliphatic carbocycles. The van der Waals surface area contributed by atoms with Crippen LogP contribution in [0, 0.1) is 18.3 Å². The van der Waals surface area contributed by atoms with Gasteiger partial charge in [-0.2, -0.15) is 4.31 Å². The van der Waals surface area contributed by atoms with Crippen molar-refractivity contribution in [2.45, 2.75) is 17.7 Å². The molecule has 1 fully saturated rings. The number of terminal acetylenes is 1. The molecule has 1 aliphatic rings. The molecule has 0 saturated heterocycles. The van der Waals surface area contributed by atoms with Gasteiger partial charge in [0, 0.05) is 18.9 Å². The highest BCUT2D eigenvalue weighted by Gasteiger charge is 2.31. The van der Waals surface area contributed by atoms with Gasteiger partial charge in [-0.15, -0.1) is 6.42 Å². The molecule has 4 nitrogen and oxygen atoms in total. The Balaban J connectivity index is 2.24. The number of rotatable bonds is 5. The number of aromatic nitrogens is 1. The molecule has 0 bridgehead atoms. The van der Waals surface area contributed by atoms with Gasteiger partial charge < -0.3 is 0 Å². The summed E-state index contributed by atoms with van der Waals surface area (Å²) < 4.78 is 25.9. The molecule has 0 radical (unpaired) electrons. The van der Waals surface area contributed by atoms with Gasteiger partial charge in [0.05, 0.1) is 6.54 Å². The van der Waals surface area contributed by atoms with Crippen LogP contribution >= 0.6 is 0 Å². The minimum Gasteiger partial charge on any atom is -0.263 e. The third-order valence-corrected chi connectivity index (χ3v) is 4.49. The summed E-state index contributed by atoms with van der Waals surface area (Å²) in [6.45, 7) is 0.634. The number of hydrogen-bond donors (Lipinski definition) is 0. The molecule has 1 aromatic rings. The molecule has 90 valence electrons. The van der Waals surface area contributed by atoms with Crippen LogP contribution in [0.1, 0.15) is 12.8 Å². The molecule has 0 spiro atoms. The highest BCUT2D eigenvalue weighted by atomic mass is 32.2. The molecular weight excluding hydrogens is 236 g/mol. The number of pyridine rings is 1. The van der Waals surface area contributed by atoms with Crippen LogP contribution in [0.5, 0.6) is 0 Å². The Bertz CT molecular complexity index is 515. The molecule has 1 heterocycles. The SMILES string of the molecule is C#CCN(CC1CC1)S(=O)(=O)c1cccnc1. The van der Waals surface area contributed by atoms with Crippen molar-refractivity contribution in [2.75, 3.05) is 13.1 Å². The van der Waals surface area contributed by atoms with E-state index in [4.69, 9.17) is 6.42 Å². The summed E-state index contributed by atoms with van der Waals surface area (Å²) in [5.41, 5.74) is 0. The van der Waals surface area contributed by atoms with Crippen LogP contribution in [0.4, 0.5) is 0 Å². The van der Waals surface area contributed by atoms with E-state index >= 15 is 0 Å². The smallest absolute Gasteiger partial charge is 0.245 e. The van der Waals surface area contributed by atoms with Crippen LogP contribution in [0.15, 0.2) is 29.4 Å². The molecule has 17 heavy (non-hydrogen) atoms. The van der Waals surface area contributed by atoms with Crippen molar-refractivity contribution in [2.24, 2.45) is 5.92 Å². The Morgan fingerprint density at radius 3 is 2.82 bits per heavy atom. The van der Waals surface area contributed by atoms with Crippen LogP contribution < -0.4 is 0 Å². The van der Waals surface area contributed by atoms with Gasteiger partial charge in [-0.05, 0) is 30.9 Å². The van der Waals surface area contributed by atoms with E-state index in [0.29, 0.717) is 12.5 Å². The Morgan fingerprint density at radius 1 is 1.53 bits per heavy atom. The molecule has 1 saturated carbocycles. The van der Waals surface area contributed by atoms with Crippen molar-refractivity contribution >= 4 is 10.0 Å². The average Bonchev–Trinajstić information content (AvgIpc) is 3.14. The Morgan fingerprint density at radius 2 is 2.29 bits per heavy atom. The van der Waals surface area contributed by atoms with Gasteiger partial charge >= 0.3 is 0 Å². The zero-order valence-corrected chi connectivity index (χ0v) is 10.2. The molecule has 0 aromatic carbocycles. The third kappa shape index (κ3) is 2.84. The van der Waals surface area contributed by atoms with Crippen LogP contribution in [0.2, 0.25) is 0 Å². The van der Waals surface area contributed by atoms with E-state index in [-0.39, 0.29) is 11.4 Å². The van der Waals surface area contributed by atoms with Crippen molar-refractivity contribution in [3.05, 3.63) is 24.5 Å². The fourth-order valence-electron chi connectivity index (χ4n) is 1.59. The highest BCUT2D eigenvalue weighted by molar-refractivity contribution is 7.89. The fourth-order valence-corrected chi connectivity index (χ4v) is 2.98. The zero-order chi connectivity index (χ0) is 12.3. The number of hydrogen-bond acceptors (Lipinski definition) is 3. The van der Waals surface area contributed by atoms with E-state index in [0.717, 1.165) is 12.8 Å². The van der Waals surface area contributed by atoms with Gasteiger partial charge in [-0.3, -0.25) is 4.98 Å². The molecule has 5 heteroatoms. The number of sulfonamides is 1. The van der Waals surface area contributed by atoms with Gasteiger partial charge in [-0.1, -0.05) is 5.92 Å². The quantitative estimate of drug-likeness (QED) is 0.736. The minimum absolute atomic E-state index is 0.119. The summed E-state index contributed by atoms with van der Waals surface area (Å²) >= 11 is 0. The predicted octanol–water partition coefficient (Wildman–Crippen LogP) is 1.12. The topological polar surface area (TPSA) is 50.3 Å². The zero-order valence-electron chi connectivity index (χ0n) is 9.41. The van der Waals surface area contributed by atoms with Crippen LogP contribution in [-0.2, 0) is 10.0 Å². The van der Waals surface area contributed by atoms with Crippen LogP contribution in [-0.4, -0.2) is 30.8 Å². The molecule has 0 amide bonds. The second-order valence-electron chi connectivity index (χ2n) is 4.13. The average molecular weight is 250 g/mol. The molecule has 0 aliphatic heterocycles. The molecule has 0 N–H and O–H groups in total. The van der Waals surface area contributed by atoms with Crippen molar-refractivity contribution in [3.8, 4) is 12.3 Å². The van der Waals surface area contributed by atoms with Crippen molar-refractivity contribution < 1.29 is 8.42 Å². The van der Waals surface area contributed by atoms with Gasteiger partial charge in [-0.25, -0.2) is 8.42 Å². The lowest BCUT2D eigenvalue weighted by atomic mass is 10.4. The third-order valence-electron chi connectivity index (χ3n) is 2.70. The van der Waals surface area contributed by atoms with Gasteiger partial charge in [0.25, 0.3) is 0 Å². The van der Waals surface area contributed by atoms with Crippen LogP contribution in [0.25, 0.3) is 0 Å². The van der Waals surface area contributed by atoms with Crippen molar-refractivity contribution in [3.63, 3.8) is 0 Å². The second-order valence-corrected chi connectivity index (χ2v) is 6.07. The summed E-state index contributed by atoms with van der Waals surface area (Å²) in [5.74, 6) is 2.87. The first-order valence-corrected chi connectivity index (χ1v) is 6.92. The van der Waals surface area contributed by atoms with Crippen molar-refractivity contribution in [1.29, 1.82) is 0 Å². The lowest BCUT2D eigenvalue weighted by molar-refractivity contribution is 0.430. The van der Waals surface area contributed by atoms with Crippen LogP contribution in [0.3, 0.4) is 0 Å². The molecule has 1 aromatic heterocycles. The van der Waals surface area contributed by atoms with Gasteiger partial charge in [0.2, 0.25) is 10.0 Å². The Labute approximate surface area is 102 Å². The van der Waals surface area contributed by atoms with E-state index in [1.807, 2.05) is 0 Å². The first-order valence-electron chi connectivity index (χ1n) is 5.48. The maximum atomic E-state index is 12.3. The van der Waals surface area contributed by atoms with E-state index in [2.05, 4.69) is 10.9 Å². The second kappa shape index (κ2) is 4.86. The molecule has 0 unspecified atom stereocenters. The molecule has 0 atom stereocenters. The first kappa shape index (κ1) is 12.1. The fraction of sp³-hybridized carbons (Fsp3) is 0.417. The summed E-state index contributed by atoms with van der Waals surface area (Å²) in [6.07, 6.45) is 10.3. The monoisotopic (exact) mass is 250 g/mol. The predicted molar refractivity (Wildman–Crippen MR) is 64.6 cm³/mol. The first-order chi connectivity index (χ1) is 8.14. The summed E-state index contributed by atoms with van der Waals surface area (Å²) in [7, 11) is -3.49. The lowest BCUT2D eigenvalue weighted by Gasteiger charge is -2.19. The number of nitrogens with zero attached hydrogens (tertiary/aromatic N) is 2. The largest absolute Gasteiger partial charge is 0.263 e. The normalized spacial score (nSPS) is 15.8. The summed E-state index contributed by atoms with van der Waals surface area (Å²) in [6, 6.07) is 3.15.